The van der Waals surface area contributed by atoms with E-state index >= 15 is 0 Å². The zero-order valence-electron chi connectivity index (χ0n) is 12.5. The second-order valence-electron chi connectivity index (χ2n) is 5.49. The lowest BCUT2D eigenvalue weighted by molar-refractivity contribution is -0.120. The Morgan fingerprint density at radius 3 is 3.05 bits per heavy atom. The van der Waals surface area contributed by atoms with Crippen LogP contribution in [0.15, 0.2) is 23.8 Å². The largest absolute Gasteiger partial charge is 0.352 e. The number of nitrogens with zero attached hydrogens (tertiary/aromatic N) is 4. The van der Waals surface area contributed by atoms with Crippen LogP contribution in [-0.2, 0) is 11.3 Å². The van der Waals surface area contributed by atoms with Gasteiger partial charge < -0.3 is 5.32 Å². The Morgan fingerprint density at radius 1 is 1.45 bits per heavy atom. The van der Waals surface area contributed by atoms with Gasteiger partial charge in [-0.2, -0.15) is 0 Å². The molecule has 0 aromatic carbocycles. The van der Waals surface area contributed by atoms with E-state index in [0.29, 0.717) is 5.82 Å². The summed E-state index contributed by atoms with van der Waals surface area (Å²) >= 11 is 1.57. The lowest BCUT2D eigenvalue weighted by atomic mass is 10.1. The molecule has 1 amide bonds. The Hall–Kier alpha value is -1.86. The van der Waals surface area contributed by atoms with Crippen LogP contribution in [0.3, 0.4) is 0 Å². The van der Waals surface area contributed by atoms with Crippen LogP contribution in [0, 0.1) is 0 Å². The Balaban J connectivity index is 1.61. The quantitative estimate of drug-likeness (QED) is 0.929. The van der Waals surface area contributed by atoms with E-state index in [9.17, 15) is 4.79 Å². The predicted octanol–water partition coefficient (Wildman–Crippen LogP) is 1.70. The molecule has 0 spiro atoms. The maximum atomic E-state index is 11.2. The molecular formula is C15H19N5OS. The van der Waals surface area contributed by atoms with Crippen LogP contribution in [0.2, 0.25) is 0 Å². The molecule has 0 bridgehead atoms. The van der Waals surface area contributed by atoms with Crippen LogP contribution < -0.4 is 5.32 Å². The summed E-state index contributed by atoms with van der Waals surface area (Å²) in [6, 6.07) is 2.05. The first-order chi connectivity index (χ1) is 10.7. The minimum Gasteiger partial charge on any atom is -0.352 e. The third-order valence-corrected chi connectivity index (χ3v) is 4.49. The van der Waals surface area contributed by atoms with Crippen LogP contribution in [-0.4, -0.2) is 44.9 Å². The van der Waals surface area contributed by atoms with Gasteiger partial charge in [-0.1, -0.05) is 0 Å². The van der Waals surface area contributed by atoms with Crippen molar-refractivity contribution >= 4 is 17.2 Å². The second-order valence-corrected chi connectivity index (χ2v) is 6.35. The zero-order valence-corrected chi connectivity index (χ0v) is 13.3. The van der Waals surface area contributed by atoms with Crippen molar-refractivity contribution in [2.24, 2.45) is 0 Å². The van der Waals surface area contributed by atoms with E-state index in [1.807, 2.05) is 0 Å². The summed E-state index contributed by atoms with van der Waals surface area (Å²) in [5.74, 6) is 0.720. The first-order valence-corrected chi connectivity index (χ1v) is 8.30. The molecule has 116 valence electrons. The number of nitrogens with one attached hydrogen (secondary N) is 1. The third kappa shape index (κ3) is 3.86. The van der Waals surface area contributed by atoms with Gasteiger partial charge in [-0.3, -0.25) is 9.69 Å². The highest BCUT2D eigenvalue weighted by molar-refractivity contribution is 7.13. The highest BCUT2D eigenvalue weighted by Crippen LogP contribution is 2.21. The summed E-state index contributed by atoms with van der Waals surface area (Å²) in [7, 11) is 0. The van der Waals surface area contributed by atoms with Gasteiger partial charge in [0.05, 0.1) is 5.69 Å². The number of hydrogen-bond donors (Lipinski definition) is 1. The van der Waals surface area contributed by atoms with E-state index < -0.39 is 0 Å². The summed E-state index contributed by atoms with van der Waals surface area (Å²) in [4.78, 5) is 26.6. The second kappa shape index (κ2) is 6.93. The molecule has 6 nitrogen and oxygen atoms in total. The minimum absolute atomic E-state index is 0.0454. The molecule has 0 radical (unpaired) electrons. The summed E-state index contributed by atoms with van der Waals surface area (Å²) in [5, 5.41) is 5.93. The SMILES string of the molecule is CC(=O)NC1CCCN(Cc2csc(-c3ncccn3)n2)C1. The van der Waals surface area contributed by atoms with Crippen molar-refractivity contribution in [3.63, 3.8) is 0 Å². The Morgan fingerprint density at radius 2 is 2.27 bits per heavy atom. The smallest absolute Gasteiger partial charge is 0.217 e. The molecule has 0 saturated carbocycles. The van der Waals surface area contributed by atoms with Crippen LogP contribution in [0.4, 0.5) is 0 Å². The number of thiazole rings is 1. The Kier molecular flexibility index (Phi) is 4.74. The van der Waals surface area contributed by atoms with Crippen molar-refractivity contribution in [1.82, 2.24) is 25.2 Å². The van der Waals surface area contributed by atoms with E-state index in [2.05, 4.69) is 30.5 Å². The molecule has 22 heavy (non-hydrogen) atoms. The van der Waals surface area contributed by atoms with Gasteiger partial charge in [-0.15, -0.1) is 11.3 Å². The van der Waals surface area contributed by atoms with Crippen LogP contribution >= 0.6 is 11.3 Å². The van der Waals surface area contributed by atoms with Gasteiger partial charge in [-0.25, -0.2) is 15.0 Å². The summed E-state index contributed by atoms with van der Waals surface area (Å²) in [5.41, 5.74) is 1.04. The van der Waals surface area contributed by atoms with E-state index in [1.165, 1.54) is 0 Å². The minimum atomic E-state index is 0.0454. The van der Waals surface area contributed by atoms with Crippen molar-refractivity contribution < 1.29 is 4.79 Å². The van der Waals surface area contributed by atoms with E-state index in [0.717, 1.165) is 43.2 Å². The molecule has 1 atom stereocenters. The van der Waals surface area contributed by atoms with Gasteiger partial charge in [0.15, 0.2) is 10.8 Å². The van der Waals surface area contributed by atoms with Crippen molar-refractivity contribution in [2.45, 2.75) is 32.4 Å². The first-order valence-electron chi connectivity index (χ1n) is 7.42. The van der Waals surface area contributed by atoms with Crippen molar-refractivity contribution in [3.05, 3.63) is 29.5 Å². The zero-order chi connectivity index (χ0) is 15.4. The average molecular weight is 317 g/mol. The maximum absolute atomic E-state index is 11.2. The van der Waals surface area contributed by atoms with Crippen molar-refractivity contribution in [3.8, 4) is 10.8 Å². The van der Waals surface area contributed by atoms with Crippen LogP contribution in [0.1, 0.15) is 25.5 Å². The summed E-state index contributed by atoms with van der Waals surface area (Å²) in [6.07, 6.45) is 5.61. The summed E-state index contributed by atoms with van der Waals surface area (Å²) in [6.45, 7) is 4.31. The van der Waals surface area contributed by atoms with Crippen LogP contribution in [0.25, 0.3) is 10.8 Å². The first kappa shape index (κ1) is 15.1. The Labute approximate surface area is 133 Å². The predicted molar refractivity (Wildman–Crippen MR) is 85.3 cm³/mol. The van der Waals surface area contributed by atoms with Crippen LogP contribution in [0.5, 0.6) is 0 Å². The van der Waals surface area contributed by atoms with Crippen molar-refractivity contribution in [1.29, 1.82) is 0 Å². The topological polar surface area (TPSA) is 71.0 Å². The lowest BCUT2D eigenvalue weighted by Gasteiger charge is -2.32. The molecule has 1 saturated heterocycles. The third-order valence-electron chi connectivity index (χ3n) is 3.61. The van der Waals surface area contributed by atoms with E-state index in [1.54, 1.807) is 36.7 Å². The standard InChI is InChI=1S/C15H19N5OS/c1-11(21)18-12-4-2-7-20(8-12)9-13-10-22-15(19-13)14-16-5-3-6-17-14/h3,5-6,10,12H,2,4,7-9H2,1H3,(H,18,21). The van der Waals surface area contributed by atoms with Crippen molar-refractivity contribution in [2.75, 3.05) is 13.1 Å². The molecule has 1 fully saturated rings. The lowest BCUT2D eigenvalue weighted by Crippen LogP contribution is -2.46. The monoisotopic (exact) mass is 317 g/mol. The molecule has 2 aromatic rings. The molecule has 3 heterocycles. The number of carbonyl (C=O) groups excluding carboxylic acids is 1. The number of amides is 1. The number of piperidine rings is 1. The van der Waals surface area contributed by atoms with Gasteiger partial charge in [0.2, 0.25) is 5.91 Å². The Bertz CT molecular complexity index is 630. The molecule has 0 aliphatic carbocycles. The molecule has 2 aromatic heterocycles. The van der Waals surface area contributed by atoms with Gasteiger partial charge in [0.25, 0.3) is 0 Å². The van der Waals surface area contributed by atoms with E-state index in [4.69, 9.17) is 0 Å². The number of aromatic nitrogens is 3. The van der Waals surface area contributed by atoms with Gasteiger partial charge in [0.1, 0.15) is 0 Å². The number of likely N-dealkylation sites (tertiary alicyclic amines) is 1. The highest BCUT2D eigenvalue weighted by atomic mass is 32.1. The summed E-state index contributed by atoms with van der Waals surface area (Å²) < 4.78 is 0. The molecule has 1 aliphatic rings. The number of rotatable bonds is 4. The molecule has 1 unspecified atom stereocenters. The fourth-order valence-electron chi connectivity index (χ4n) is 2.73. The van der Waals surface area contributed by atoms with Gasteiger partial charge in [0, 0.05) is 43.8 Å². The molecule has 1 aliphatic heterocycles. The number of hydrogen-bond acceptors (Lipinski definition) is 6. The fraction of sp³-hybridized carbons (Fsp3) is 0.467. The molecule has 3 rings (SSSR count). The number of carbonyl (C=O) groups is 1. The van der Waals surface area contributed by atoms with Gasteiger partial charge in [-0.05, 0) is 25.5 Å². The van der Waals surface area contributed by atoms with E-state index in [-0.39, 0.29) is 11.9 Å². The molecular weight excluding hydrogens is 298 g/mol. The highest BCUT2D eigenvalue weighted by Gasteiger charge is 2.21. The normalized spacial score (nSPS) is 19.0. The fourth-order valence-corrected chi connectivity index (χ4v) is 3.48. The maximum Gasteiger partial charge on any atom is 0.217 e. The molecule has 1 N–H and O–H groups in total. The average Bonchev–Trinajstić information content (AvgIpc) is 2.96. The molecule has 7 heteroatoms. The van der Waals surface area contributed by atoms with Gasteiger partial charge >= 0.3 is 0 Å².